The second-order valence-electron chi connectivity index (χ2n) is 5.08. The number of hydrogen-bond acceptors (Lipinski definition) is 3. The monoisotopic (exact) mass is 321 g/mol. The van der Waals surface area contributed by atoms with Gasteiger partial charge >= 0.3 is 0 Å². The van der Waals surface area contributed by atoms with Gasteiger partial charge in [-0.2, -0.15) is 12.6 Å². The molecule has 0 aliphatic carbocycles. The smallest absolute Gasteiger partial charge is 0.207 e. The Kier molecular flexibility index (Phi) is 5.08. The first kappa shape index (κ1) is 16.1. The van der Waals surface area contributed by atoms with Crippen LogP contribution in [0.2, 0.25) is 0 Å². The molecule has 2 aromatic carbocycles. The highest BCUT2D eigenvalue weighted by atomic mass is 32.2. The van der Waals surface area contributed by atoms with Crippen LogP contribution in [0, 0.1) is 6.92 Å². The molecule has 2 atom stereocenters. The van der Waals surface area contributed by atoms with Crippen LogP contribution in [0.4, 0.5) is 0 Å². The number of rotatable bonds is 5. The fourth-order valence-electron chi connectivity index (χ4n) is 2.03. The first-order valence-corrected chi connectivity index (χ1v) is 8.72. The molecule has 3 nitrogen and oxygen atoms in total. The van der Waals surface area contributed by atoms with Crippen molar-refractivity contribution in [3.05, 3.63) is 65.7 Å². The van der Waals surface area contributed by atoms with Crippen molar-refractivity contribution in [1.82, 2.24) is 4.72 Å². The fourth-order valence-corrected chi connectivity index (χ4v) is 3.64. The van der Waals surface area contributed by atoms with Gasteiger partial charge in [-0.1, -0.05) is 48.0 Å². The van der Waals surface area contributed by atoms with Gasteiger partial charge in [0.2, 0.25) is 10.0 Å². The molecule has 112 valence electrons. The van der Waals surface area contributed by atoms with E-state index in [1.54, 1.807) is 24.3 Å². The van der Waals surface area contributed by atoms with Crippen LogP contribution in [0.25, 0.3) is 0 Å². The second-order valence-corrected chi connectivity index (χ2v) is 7.35. The maximum atomic E-state index is 12.3. The van der Waals surface area contributed by atoms with Crippen molar-refractivity contribution in [3.8, 4) is 0 Å². The predicted molar refractivity (Wildman–Crippen MR) is 89.1 cm³/mol. The van der Waals surface area contributed by atoms with Crippen LogP contribution in [0.15, 0.2) is 59.5 Å². The lowest BCUT2D eigenvalue weighted by Crippen LogP contribution is -2.35. The number of hydrogen-bond donors (Lipinski definition) is 2. The quantitative estimate of drug-likeness (QED) is 0.830. The molecule has 0 heterocycles. The minimum absolute atomic E-state index is 0.202. The summed E-state index contributed by atoms with van der Waals surface area (Å²) in [6, 6.07) is 16.1. The van der Waals surface area contributed by atoms with E-state index in [0.717, 1.165) is 11.1 Å². The third-order valence-corrected chi connectivity index (χ3v) is 5.61. The fraction of sp³-hybridized carbons (Fsp3) is 0.250. The molecule has 0 amide bonds. The lowest BCUT2D eigenvalue weighted by Gasteiger charge is -2.21. The Labute approximate surface area is 131 Å². The molecule has 2 aromatic rings. The molecule has 21 heavy (non-hydrogen) atoms. The summed E-state index contributed by atoms with van der Waals surface area (Å²) in [6.07, 6.45) is 0. The summed E-state index contributed by atoms with van der Waals surface area (Å²) in [5.74, 6) is 0. The molecular formula is C16H19NO2S2. The van der Waals surface area contributed by atoms with Gasteiger partial charge < -0.3 is 0 Å². The zero-order valence-corrected chi connectivity index (χ0v) is 13.7. The number of nitrogens with one attached hydrogen (secondary N) is 1. The van der Waals surface area contributed by atoms with Gasteiger partial charge in [-0.25, -0.2) is 13.1 Å². The Morgan fingerprint density at radius 3 is 2.14 bits per heavy atom. The minimum atomic E-state index is -3.53. The Morgan fingerprint density at radius 2 is 1.57 bits per heavy atom. The SMILES string of the molecule is Cc1ccc(S(=O)(=O)N[C@@H](C)[C@H](S)c2ccccc2)cc1. The van der Waals surface area contributed by atoms with Crippen LogP contribution in [0.5, 0.6) is 0 Å². The molecule has 5 heteroatoms. The zero-order chi connectivity index (χ0) is 15.5. The summed E-state index contributed by atoms with van der Waals surface area (Å²) in [7, 11) is -3.53. The Bertz CT molecular complexity index is 682. The molecule has 2 rings (SSSR count). The average Bonchev–Trinajstić information content (AvgIpc) is 2.47. The number of benzene rings is 2. The van der Waals surface area contributed by atoms with Crippen LogP contribution in [-0.4, -0.2) is 14.5 Å². The van der Waals surface area contributed by atoms with Crippen molar-refractivity contribution < 1.29 is 8.42 Å². The molecule has 1 N–H and O–H groups in total. The maximum Gasteiger partial charge on any atom is 0.240 e. The van der Waals surface area contributed by atoms with Gasteiger partial charge in [0.15, 0.2) is 0 Å². The van der Waals surface area contributed by atoms with Gasteiger partial charge in [-0.15, -0.1) is 0 Å². The van der Waals surface area contributed by atoms with Crippen LogP contribution in [0.3, 0.4) is 0 Å². The van der Waals surface area contributed by atoms with Crippen molar-refractivity contribution >= 4 is 22.7 Å². The van der Waals surface area contributed by atoms with Crippen molar-refractivity contribution in [3.63, 3.8) is 0 Å². The Balaban J connectivity index is 2.14. The van der Waals surface area contributed by atoms with Crippen molar-refractivity contribution in [1.29, 1.82) is 0 Å². The lowest BCUT2D eigenvalue weighted by molar-refractivity contribution is 0.557. The van der Waals surface area contributed by atoms with Gasteiger partial charge in [0.25, 0.3) is 0 Å². The second kappa shape index (κ2) is 6.64. The highest BCUT2D eigenvalue weighted by molar-refractivity contribution is 7.89. The van der Waals surface area contributed by atoms with Gasteiger partial charge in [0.05, 0.1) is 4.90 Å². The van der Waals surface area contributed by atoms with E-state index in [-0.39, 0.29) is 16.2 Å². The van der Waals surface area contributed by atoms with Gasteiger partial charge in [-0.3, -0.25) is 0 Å². The summed E-state index contributed by atoms with van der Waals surface area (Å²) >= 11 is 4.53. The summed E-state index contributed by atoms with van der Waals surface area (Å²) in [4.78, 5) is 0.272. The van der Waals surface area contributed by atoms with Gasteiger partial charge in [0.1, 0.15) is 0 Å². The molecule has 0 radical (unpaired) electrons. The average molecular weight is 321 g/mol. The summed E-state index contributed by atoms with van der Waals surface area (Å²) in [5, 5.41) is -0.202. The third-order valence-electron chi connectivity index (χ3n) is 3.29. The lowest BCUT2D eigenvalue weighted by atomic mass is 10.1. The van der Waals surface area contributed by atoms with Crippen LogP contribution in [0.1, 0.15) is 23.3 Å². The van der Waals surface area contributed by atoms with E-state index in [0.29, 0.717) is 0 Å². The molecule has 0 bridgehead atoms. The topological polar surface area (TPSA) is 46.2 Å². The van der Waals surface area contributed by atoms with E-state index < -0.39 is 10.0 Å². The number of aryl methyl sites for hydroxylation is 1. The molecular weight excluding hydrogens is 302 g/mol. The van der Waals surface area contributed by atoms with Crippen molar-refractivity contribution in [2.75, 3.05) is 0 Å². The zero-order valence-electron chi connectivity index (χ0n) is 12.0. The minimum Gasteiger partial charge on any atom is -0.207 e. The first-order valence-electron chi connectivity index (χ1n) is 6.72. The molecule has 0 saturated carbocycles. The molecule has 0 saturated heterocycles. The largest absolute Gasteiger partial charge is 0.240 e. The summed E-state index contributed by atoms with van der Waals surface area (Å²) in [6.45, 7) is 3.74. The normalized spacial score (nSPS) is 14.6. The standard InChI is InChI=1S/C16H19NO2S2/c1-12-8-10-15(11-9-12)21(18,19)17-13(2)16(20)14-6-4-3-5-7-14/h3-11,13,16-17,20H,1-2H3/t13-,16-/m0/s1. The molecule has 0 aliphatic rings. The summed E-state index contributed by atoms with van der Waals surface area (Å²) < 4.78 is 27.4. The van der Waals surface area contributed by atoms with E-state index >= 15 is 0 Å². The van der Waals surface area contributed by atoms with E-state index in [1.807, 2.05) is 44.2 Å². The van der Waals surface area contributed by atoms with Crippen molar-refractivity contribution in [2.24, 2.45) is 0 Å². The molecule has 0 fully saturated rings. The summed E-state index contributed by atoms with van der Waals surface area (Å²) in [5.41, 5.74) is 2.01. The highest BCUT2D eigenvalue weighted by Gasteiger charge is 2.22. The predicted octanol–water partition coefficient (Wildman–Crippen LogP) is 3.33. The first-order chi connectivity index (χ1) is 9.90. The molecule has 0 aliphatic heterocycles. The van der Waals surface area contributed by atoms with E-state index in [1.165, 1.54) is 0 Å². The number of thiol groups is 1. The van der Waals surface area contributed by atoms with E-state index in [2.05, 4.69) is 17.4 Å². The van der Waals surface area contributed by atoms with Gasteiger partial charge in [-0.05, 0) is 31.5 Å². The Morgan fingerprint density at radius 1 is 1.00 bits per heavy atom. The third kappa shape index (κ3) is 4.09. The van der Waals surface area contributed by atoms with Crippen molar-refractivity contribution in [2.45, 2.75) is 30.0 Å². The highest BCUT2D eigenvalue weighted by Crippen LogP contribution is 2.24. The van der Waals surface area contributed by atoms with Crippen LogP contribution >= 0.6 is 12.6 Å². The van der Waals surface area contributed by atoms with E-state index in [9.17, 15) is 8.42 Å². The van der Waals surface area contributed by atoms with Crippen LogP contribution < -0.4 is 4.72 Å². The number of sulfonamides is 1. The Hall–Kier alpha value is -1.30. The molecule has 0 unspecified atom stereocenters. The van der Waals surface area contributed by atoms with Crippen LogP contribution in [-0.2, 0) is 10.0 Å². The van der Waals surface area contributed by atoms with E-state index in [4.69, 9.17) is 0 Å². The van der Waals surface area contributed by atoms with Gasteiger partial charge in [0, 0.05) is 11.3 Å². The molecule has 0 aromatic heterocycles. The maximum absolute atomic E-state index is 12.3. The molecule has 0 spiro atoms.